The number of rotatable bonds is 3. The molecule has 15 heavy (non-hydrogen) atoms. The number of carbonyl (C=O) groups is 1. The fraction of sp³-hybridized carbons (Fsp3) is 0.667. The van der Waals surface area contributed by atoms with Crippen LogP contribution in [0.3, 0.4) is 0 Å². The lowest BCUT2D eigenvalue weighted by Gasteiger charge is -2.16. The van der Waals surface area contributed by atoms with Gasteiger partial charge in [-0.3, -0.25) is 4.79 Å². The van der Waals surface area contributed by atoms with Crippen molar-refractivity contribution in [3.05, 3.63) is 11.7 Å². The average Bonchev–Trinajstić information content (AvgIpc) is 2.67. The van der Waals surface area contributed by atoms with Crippen molar-refractivity contribution in [1.29, 1.82) is 0 Å². The largest absolute Gasteiger partial charge is 0.481 e. The van der Waals surface area contributed by atoms with Crippen LogP contribution in [0.2, 0.25) is 0 Å². The molecule has 1 aliphatic heterocycles. The first-order valence-corrected chi connectivity index (χ1v) is 5.96. The summed E-state index contributed by atoms with van der Waals surface area (Å²) in [5, 5.41) is 12.5. The highest BCUT2D eigenvalue weighted by atomic mass is 32.2. The van der Waals surface area contributed by atoms with Gasteiger partial charge in [-0.25, -0.2) is 0 Å². The molecule has 1 aromatic heterocycles. The smallest absolute Gasteiger partial charge is 0.311 e. The molecule has 82 valence electrons. The number of carboxylic acid groups (broad SMARTS) is 1. The molecule has 0 saturated carbocycles. The molecule has 1 atom stereocenters. The second kappa shape index (κ2) is 4.65. The molecule has 1 aromatic rings. The number of hydrogen-bond acceptors (Lipinski definition) is 5. The lowest BCUT2D eigenvalue weighted by atomic mass is 10.2. The highest BCUT2D eigenvalue weighted by molar-refractivity contribution is 7.99. The zero-order valence-corrected chi connectivity index (χ0v) is 9.00. The highest BCUT2D eigenvalue weighted by Crippen LogP contribution is 2.37. The molecule has 0 spiro atoms. The quantitative estimate of drug-likeness (QED) is 0.847. The standard InChI is InChI=1S/C9H12N2O3S/c12-8(13)5-7-10-9(14-11-7)6-3-1-2-4-15-6/h6H,1-5H2,(H,12,13). The minimum atomic E-state index is -0.932. The summed E-state index contributed by atoms with van der Waals surface area (Å²) in [6.07, 6.45) is 3.28. The lowest BCUT2D eigenvalue weighted by molar-refractivity contribution is -0.136. The molecular formula is C9H12N2O3S. The Morgan fingerprint density at radius 3 is 3.13 bits per heavy atom. The third kappa shape index (κ3) is 2.71. The molecule has 1 saturated heterocycles. The van der Waals surface area contributed by atoms with E-state index < -0.39 is 5.97 Å². The third-order valence-electron chi connectivity index (χ3n) is 2.25. The van der Waals surface area contributed by atoms with Crippen LogP contribution in [0.25, 0.3) is 0 Å². The minimum Gasteiger partial charge on any atom is -0.481 e. The molecule has 0 bridgehead atoms. The molecule has 1 unspecified atom stereocenters. The number of nitrogens with zero attached hydrogens (tertiary/aromatic N) is 2. The number of aliphatic carboxylic acids is 1. The summed E-state index contributed by atoms with van der Waals surface area (Å²) in [5.41, 5.74) is 0. The van der Waals surface area contributed by atoms with E-state index in [1.165, 1.54) is 12.8 Å². The summed E-state index contributed by atoms with van der Waals surface area (Å²) in [4.78, 5) is 14.5. The maximum atomic E-state index is 10.4. The van der Waals surface area contributed by atoms with Crippen molar-refractivity contribution in [3.63, 3.8) is 0 Å². The molecule has 5 nitrogen and oxygen atoms in total. The van der Waals surface area contributed by atoms with Crippen molar-refractivity contribution in [2.45, 2.75) is 30.9 Å². The Hall–Kier alpha value is -1.04. The summed E-state index contributed by atoms with van der Waals surface area (Å²) >= 11 is 1.80. The van der Waals surface area contributed by atoms with Gasteiger partial charge in [0.05, 0.1) is 5.25 Å². The maximum Gasteiger partial charge on any atom is 0.311 e. The van der Waals surface area contributed by atoms with Crippen molar-refractivity contribution in [2.75, 3.05) is 5.75 Å². The van der Waals surface area contributed by atoms with E-state index >= 15 is 0 Å². The summed E-state index contributed by atoms with van der Waals surface area (Å²) in [5.74, 6) is 1.03. The first-order valence-electron chi connectivity index (χ1n) is 4.91. The van der Waals surface area contributed by atoms with Gasteiger partial charge in [0.1, 0.15) is 6.42 Å². The molecule has 0 radical (unpaired) electrons. The van der Waals surface area contributed by atoms with Gasteiger partial charge in [-0.05, 0) is 18.6 Å². The molecule has 2 heterocycles. The van der Waals surface area contributed by atoms with Gasteiger partial charge in [0, 0.05) is 0 Å². The van der Waals surface area contributed by atoms with Crippen LogP contribution in [0.1, 0.15) is 36.2 Å². The molecule has 0 amide bonds. The minimum absolute atomic E-state index is 0.166. The van der Waals surface area contributed by atoms with Crippen LogP contribution in [0, 0.1) is 0 Å². The SMILES string of the molecule is O=C(O)Cc1noc(C2CCCCS2)n1. The average molecular weight is 228 g/mol. The monoisotopic (exact) mass is 228 g/mol. The van der Waals surface area contributed by atoms with E-state index in [0.717, 1.165) is 12.2 Å². The Bertz CT molecular complexity index is 347. The van der Waals surface area contributed by atoms with Crippen molar-refractivity contribution >= 4 is 17.7 Å². The van der Waals surface area contributed by atoms with Crippen LogP contribution in [0.5, 0.6) is 0 Å². The van der Waals surface area contributed by atoms with Crippen LogP contribution in [-0.4, -0.2) is 27.0 Å². The lowest BCUT2D eigenvalue weighted by Crippen LogP contribution is -2.04. The van der Waals surface area contributed by atoms with Gasteiger partial charge in [0.15, 0.2) is 5.82 Å². The third-order valence-corrected chi connectivity index (χ3v) is 3.61. The molecular weight excluding hydrogens is 216 g/mol. The normalized spacial score (nSPS) is 21.5. The Kier molecular flexibility index (Phi) is 3.25. The van der Waals surface area contributed by atoms with E-state index in [1.54, 1.807) is 11.8 Å². The second-order valence-corrected chi connectivity index (χ2v) is 4.79. The molecule has 2 rings (SSSR count). The first-order chi connectivity index (χ1) is 7.25. The summed E-state index contributed by atoms with van der Waals surface area (Å²) < 4.78 is 5.06. The van der Waals surface area contributed by atoms with Crippen LogP contribution in [0.4, 0.5) is 0 Å². The molecule has 6 heteroatoms. The molecule has 1 aliphatic rings. The predicted molar refractivity (Wildman–Crippen MR) is 54.7 cm³/mol. The molecule has 1 N–H and O–H groups in total. The summed E-state index contributed by atoms with van der Waals surface area (Å²) in [6.45, 7) is 0. The van der Waals surface area contributed by atoms with E-state index in [-0.39, 0.29) is 17.5 Å². The van der Waals surface area contributed by atoms with Gasteiger partial charge in [-0.2, -0.15) is 4.98 Å². The molecule has 1 fully saturated rings. The highest BCUT2D eigenvalue weighted by Gasteiger charge is 2.22. The predicted octanol–water partition coefficient (Wildman–Crippen LogP) is 1.65. The fourth-order valence-corrected chi connectivity index (χ4v) is 2.77. The van der Waals surface area contributed by atoms with Crippen LogP contribution < -0.4 is 0 Å². The van der Waals surface area contributed by atoms with Crippen molar-refractivity contribution in [3.8, 4) is 0 Å². The van der Waals surface area contributed by atoms with E-state index in [9.17, 15) is 4.79 Å². The van der Waals surface area contributed by atoms with Gasteiger partial charge in [0.25, 0.3) is 0 Å². The Labute approximate surface area is 91.2 Å². The molecule has 0 aromatic carbocycles. The Morgan fingerprint density at radius 2 is 2.47 bits per heavy atom. The van der Waals surface area contributed by atoms with Gasteiger partial charge in [0.2, 0.25) is 5.89 Å². The first kappa shape index (κ1) is 10.5. The fourth-order valence-electron chi connectivity index (χ4n) is 1.54. The van der Waals surface area contributed by atoms with E-state index in [4.69, 9.17) is 9.63 Å². The van der Waals surface area contributed by atoms with Crippen LogP contribution >= 0.6 is 11.8 Å². The van der Waals surface area contributed by atoms with Gasteiger partial charge >= 0.3 is 5.97 Å². The van der Waals surface area contributed by atoms with Gasteiger partial charge < -0.3 is 9.63 Å². The second-order valence-electron chi connectivity index (χ2n) is 3.47. The van der Waals surface area contributed by atoms with E-state index in [2.05, 4.69) is 10.1 Å². The van der Waals surface area contributed by atoms with Gasteiger partial charge in [-0.15, -0.1) is 11.8 Å². The summed E-state index contributed by atoms with van der Waals surface area (Å²) in [7, 11) is 0. The number of aromatic nitrogens is 2. The summed E-state index contributed by atoms with van der Waals surface area (Å²) in [6, 6.07) is 0. The van der Waals surface area contributed by atoms with Crippen LogP contribution in [0.15, 0.2) is 4.52 Å². The van der Waals surface area contributed by atoms with Crippen molar-refractivity contribution < 1.29 is 14.4 Å². The van der Waals surface area contributed by atoms with Crippen LogP contribution in [-0.2, 0) is 11.2 Å². The maximum absolute atomic E-state index is 10.4. The zero-order chi connectivity index (χ0) is 10.7. The van der Waals surface area contributed by atoms with E-state index in [0.29, 0.717) is 5.89 Å². The van der Waals surface area contributed by atoms with Crippen molar-refractivity contribution in [1.82, 2.24) is 10.1 Å². The Balaban J connectivity index is 2.02. The van der Waals surface area contributed by atoms with Gasteiger partial charge in [-0.1, -0.05) is 11.6 Å². The molecule has 0 aliphatic carbocycles. The van der Waals surface area contributed by atoms with E-state index in [1.807, 2.05) is 0 Å². The number of thioether (sulfide) groups is 1. The topological polar surface area (TPSA) is 76.2 Å². The number of carboxylic acids is 1. The Morgan fingerprint density at radius 1 is 1.60 bits per heavy atom. The van der Waals surface area contributed by atoms with Crippen molar-refractivity contribution in [2.24, 2.45) is 0 Å². The number of hydrogen-bond donors (Lipinski definition) is 1. The zero-order valence-electron chi connectivity index (χ0n) is 8.18.